The first kappa shape index (κ1) is 29.8. The Hall–Kier alpha value is -7.48. The molecule has 0 aliphatic heterocycles. The molecule has 10 aromatic carbocycles. The van der Waals surface area contributed by atoms with Gasteiger partial charge in [-0.15, -0.1) is 0 Å². The molecule has 0 aliphatic rings. The molecule has 0 aliphatic carbocycles. The largest absolute Gasteiger partial charge is 0.311 e. The maximum absolute atomic E-state index is 9.59. The molecule has 0 heterocycles. The Morgan fingerprint density at radius 2 is 0.772 bits per heavy atom. The zero-order valence-corrected chi connectivity index (χ0v) is 31.2. The van der Waals surface area contributed by atoms with Gasteiger partial charge in [-0.2, -0.15) is 0 Å². The molecule has 57 heavy (non-hydrogen) atoms. The predicted molar refractivity (Wildman–Crippen MR) is 243 cm³/mol. The first-order chi connectivity index (χ1) is 29.9. The minimum Gasteiger partial charge on any atom is -0.311 e. The van der Waals surface area contributed by atoms with Crippen LogP contribution in [0.5, 0.6) is 0 Å². The van der Waals surface area contributed by atoms with Gasteiger partial charge in [0.2, 0.25) is 0 Å². The monoisotopic (exact) mass is 729 g/mol. The van der Waals surface area contributed by atoms with Crippen molar-refractivity contribution < 1.29 is 5.48 Å². The first-order valence-electron chi connectivity index (χ1n) is 21.3. The van der Waals surface area contributed by atoms with Crippen molar-refractivity contribution >= 4 is 38.6 Å². The van der Waals surface area contributed by atoms with Crippen molar-refractivity contribution in [2.24, 2.45) is 0 Å². The summed E-state index contributed by atoms with van der Waals surface area (Å²) in [5, 5.41) is 4.60. The van der Waals surface area contributed by atoms with Crippen molar-refractivity contribution in [3.8, 4) is 55.6 Å². The summed E-state index contributed by atoms with van der Waals surface area (Å²) in [5.74, 6) is 0. The van der Waals surface area contributed by atoms with Gasteiger partial charge in [0.25, 0.3) is 0 Å². The third kappa shape index (κ3) is 6.66. The summed E-state index contributed by atoms with van der Waals surface area (Å²) >= 11 is 0. The fourth-order valence-corrected chi connectivity index (χ4v) is 7.94. The van der Waals surface area contributed by atoms with Gasteiger partial charge in [0.15, 0.2) is 0 Å². The molecule has 0 bridgehead atoms. The number of nitrogens with zero attached hydrogens (tertiary/aromatic N) is 1. The van der Waals surface area contributed by atoms with Crippen molar-refractivity contribution in [2.45, 2.75) is 0 Å². The first-order valence-corrected chi connectivity index (χ1v) is 19.3. The van der Waals surface area contributed by atoms with Gasteiger partial charge < -0.3 is 4.90 Å². The lowest BCUT2D eigenvalue weighted by Crippen LogP contribution is -2.09. The zero-order chi connectivity index (χ0) is 41.5. The van der Waals surface area contributed by atoms with Gasteiger partial charge in [0.05, 0.1) is 5.48 Å². The van der Waals surface area contributed by atoms with Crippen LogP contribution in [-0.4, -0.2) is 0 Å². The third-order valence-corrected chi connectivity index (χ3v) is 10.7. The Bertz CT molecular complexity index is 3180. The molecule has 0 atom stereocenters. The van der Waals surface area contributed by atoms with E-state index in [0.29, 0.717) is 16.9 Å². The predicted octanol–water partition coefficient (Wildman–Crippen LogP) is 15.8. The van der Waals surface area contributed by atoms with Crippen molar-refractivity contribution in [3.05, 3.63) is 236 Å². The van der Waals surface area contributed by atoms with Crippen LogP contribution in [0.15, 0.2) is 236 Å². The standard InChI is InChI=1S/C56H39N/c1-3-13-40(14-4-1)47-20-11-21-48(39-47)41-25-32-49(33-26-41)57(50-34-27-45(28-35-50)53-24-12-19-42-17-7-9-22-52(42)53)51-36-29-46(30-37-51)56-54-23-10-8-18-44(54)31-38-55(56)43-15-5-2-6-16-43/h1-39H/i25D,26D,32D,33D. The summed E-state index contributed by atoms with van der Waals surface area (Å²) in [4.78, 5) is 1.86. The minimum atomic E-state index is -0.122. The number of anilines is 3. The molecule has 0 aromatic heterocycles. The van der Waals surface area contributed by atoms with Gasteiger partial charge in [-0.25, -0.2) is 0 Å². The average Bonchev–Trinajstić information content (AvgIpc) is 3.32. The Labute approximate surface area is 340 Å². The topological polar surface area (TPSA) is 3.24 Å². The van der Waals surface area contributed by atoms with E-state index in [1.165, 1.54) is 0 Å². The van der Waals surface area contributed by atoms with E-state index >= 15 is 0 Å². The van der Waals surface area contributed by atoms with Gasteiger partial charge in [-0.05, 0) is 120 Å². The highest BCUT2D eigenvalue weighted by Gasteiger charge is 2.17. The van der Waals surface area contributed by atoms with Crippen molar-refractivity contribution in [1.82, 2.24) is 0 Å². The summed E-state index contributed by atoms with van der Waals surface area (Å²) in [6.07, 6.45) is 0. The lowest BCUT2D eigenvalue weighted by atomic mass is 9.89. The minimum absolute atomic E-state index is 0.0986. The number of fused-ring (bicyclic) bond motifs is 2. The van der Waals surface area contributed by atoms with E-state index in [-0.39, 0.29) is 35.4 Å². The SMILES string of the molecule is [2H]c1c([2H])c(N(c2ccc(-c3cccc4ccccc34)cc2)c2ccc(-c3c(-c4ccccc4)ccc4ccccc34)cc2)c([2H])c([2H])c1-c1cccc(-c2ccccc2)c1. The molecule has 1 nitrogen and oxygen atoms in total. The molecule has 0 fully saturated rings. The molecule has 10 aromatic rings. The molecule has 0 N–H and O–H groups in total. The number of benzene rings is 10. The quantitative estimate of drug-likeness (QED) is 0.151. The Morgan fingerprint density at radius 1 is 0.281 bits per heavy atom. The van der Waals surface area contributed by atoms with E-state index in [0.717, 1.165) is 66.1 Å². The molecular formula is C56H39N. The second-order valence-electron chi connectivity index (χ2n) is 14.2. The third-order valence-electron chi connectivity index (χ3n) is 10.7. The van der Waals surface area contributed by atoms with Gasteiger partial charge in [-0.3, -0.25) is 0 Å². The molecule has 0 radical (unpaired) electrons. The summed E-state index contributed by atoms with van der Waals surface area (Å²) < 4.78 is 38.1. The number of hydrogen-bond donors (Lipinski definition) is 0. The summed E-state index contributed by atoms with van der Waals surface area (Å²) in [5.41, 5.74) is 11.0. The molecule has 0 saturated carbocycles. The van der Waals surface area contributed by atoms with Crippen LogP contribution >= 0.6 is 0 Å². The van der Waals surface area contributed by atoms with Crippen LogP contribution in [0.4, 0.5) is 17.1 Å². The van der Waals surface area contributed by atoms with Crippen LogP contribution in [0.3, 0.4) is 0 Å². The lowest BCUT2D eigenvalue weighted by molar-refractivity contribution is 1.28. The van der Waals surface area contributed by atoms with Gasteiger partial charge >= 0.3 is 0 Å². The maximum Gasteiger partial charge on any atom is 0.0645 e. The van der Waals surface area contributed by atoms with E-state index < -0.39 is 0 Å². The number of rotatable bonds is 8. The van der Waals surface area contributed by atoms with Crippen molar-refractivity contribution in [2.75, 3.05) is 4.90 Å². The van der Waals surface area contributed by atoms with Gasteiger partial charge in [0.1, 0.15) is 0 Å². The Kier molecular flexibility index (Phi) is 7.84. The van der Waals surface area contributed by atoms with Crippen LogP contribution in [0.2, 0.25) is 0 Å². The van der Waals surface area contributed by atoms with Crippen molar-refractivity contribution in [1.29, 1.82) is 0 Å². The highest BCUT2D eigenvalue weighted by atomic mass is 15.1. The summed E-state index contributed by atoms with van der Waals surface area (Å²) in [7, 11) is 0. The molecule has 0 saturated heterocycles. The van der Waals surface area contributed by atoms with Crippen LogP contribution in [0.25, 0.3) is 77.2 Å². The summed E-state index contributed by atoms with van der Waals surface area (Å²) in [6, 6.07) is 71.5. The smallest absolute Gasteiger partial charge is 0.0645 e. The van der Waals surface area contributed by atoms with E-state index in [1.807, 2.05) is 95.9 Å². The van der Waals surface area contributed by atoms with E-state index in [4.69, 9.17) is 0 Å². The normalized spacial score (nSPS) is 12.1. The van der Waals surface area contributed by atoms with Crippen LogP contribution in [0, 0.1) is 0 Å². The molecule has 0 spiro atoms. The van der Waals surface area contributed by atoms with E-state index in [9.17, 15) is 5.48 Å². The molecular weight excluding hydrogens is 687 g/mol. The second-order valence-corrected chi connectivity index (χ2v) is 14.2. The van der Waals surface area contributed by atoms with Crippen LogP contribution in [0.1, 0.15) is 5.48 Å². The van der Waals surface area contributed by atoms with Crippen molar-refractivity contribution in [3.63, 3.8) is 0 Å². The molecule has 268 valence electrons. The average molecular weight is 730 g/mol. The lowest BCUT2D eigenvalue weighted by Gasteiger charge is -2.26. The fourth-order valence-electron chi connectivity index (χ4n) is 7.94. The molecule has 1 heteroatoms. The molecule has 0 unspecified atom stereocenters. The Morgan fingerprint density at radius 3 is 1.46 bits per heavy atom. The fraction of sp³-hybridized carbons (Fsp3) is 0. The number of hydrogen-bond acceptors (Lipinski definition) is 1. The zero-order valence-electron chi connectivity index (χ0n) is 35.2. The Balaban J connectivity index is 1.13. The highest BCUT2D eigenvalue weighted by molar-refractivity contribution is 6.04. The van der Waals surface area contributed by atoms with Crippen LogP contribution < -0.4 is 4.90 Å². The van der Waals surface area contributed by atoms with Gasteiger partial charge in [-0.1, -0.05) is 194 Å². The summed E-state index contributed by atoms with van der Waals surface area (Å²) in [6.45, 7) is 0. The molecule has 0 amide bonds. The maximum atomic E-state index is 9.59. The van der Waals surface area contributed by atoms with E-state index in [2.05, 4.69) is 121 Å². The molecule has 10 rings (SSSR count). The van der Waals surface area contributed by atoms with Gasteiger partial charge in [0, 0.05) is 17.1 Å². The second kappa shape index (κ2) is 15.0. The highest BCUT2D eigenvalue weighted by Crippen LogP contribution is 2.42. The van der Waals surface area contributed by atoms with E-state index in [1.54, 1.807) is 0 Å². The van der Waals surface area contributed by atoms with Crippen LogP contribution in [-0.2, 0) is 0 Å².